The van der Waals surface area contributed by atoms with Crippen LogP contribution in [-0.2, 0) is 4.79 Å². The van der Waals surface area contributed by atoms with Crippen molar-refractivity contribution in [2.24, 2.45) is 22.7 Å². The van der Waals surface area contributed by atoms with Gasteiger partial charge in [-0.2, -0.15) is 26.3 Å². The molecule has 2 aromatic carbocycles. The van der Waals surface area contributed by atoms with Crippen LogP contribution in [0.15, 0.2) is 85.0 Å². The summed E-state index contributed by atoms with van der Waals surface area (Å²) >= 11 is 0. The molecule has 2 aliphatic rings. The highest BCUT2D eigenvalue weighted by atomic mass is 19.4. The van der Waals surface area contributed by atoms with Gasteiger partial charge < -0.3 is 0 Å². The molecule has 0 aromatic heterocycles. The Morgan fingerprint density at radius 2 is 1.00 bits per heavy atom. The van der Waals surface area contributed by atoms with Crippen molar-refractivity contribution in [2.75, 3.05) is 0 Å². The number of ketones is 3. The van der Waals surface area contributed by atoms with Crippen molar-refractivity contribution in [3.05, 3.63) is 96.1 Å². The van der Waals surface area contributed by atoms with Gasteiger partial charge in [-0.3, -0.25) is 14.4 Å². The van der Waals surface area contributed by atoms with Gasteiger partial charge in [0.2, 0.25) is 0 Å². The molecule has 4 rings (SSSR count). The van der Waals surface area contributed by atoms with Crippen LogP contribution in [-0.4, -0.2) is 29.7 Å². The number of hydrogen-bond acceptors (Lipinski definition) is 3. The van der Waals surface area contributed by atoms with Crippen LogP contribution in [0.2, 0.25) is 0 Å². The van der Waals surface area contributed by atoms with Crippen LogP contribution in [0, 0.1) is 22.7 Å². The van der Waals surface area contributed by atoms with Gasteiger partial charge in [0.15, 0.2) is 17.3 Å². The number of halogens is 6. The summed E-state index contributed by atoms with van der Waals surface area (Å²) in [7, 11) is 0. The highest BCUT2D eigenvalue weighted by molar-refractivity contribution is 5.99. The average Bonchev–Trinajstić information content (AvgIpc) is 3.83. The Bertz CT molecular complexity index is 1200. The number of benzene rings is 2. The van der Waals surface area contributed by atoms with Crippen molar-refractivity contribution in [3.63, 3.8) is 0 Å². The summed E-state index contributed by atoms with van der Waals surface area (Å²) in [4.78, 5) is 38.2. The van der Waals surface area contributed by atoms with E-state index < -0.39 is 53.6 Å². The van der Waals surface area contributed by atoms with Crippen LogP contribution in [0.25, 0.3) is 0 Å². The maximum Gasteiger partial charge on any atom is 0.393 e. The fraction of sp³-hybridized carbons (Fsp3) is 0.387. The molecule has 9 heteroatoms. The maximum absolute atomic E-state index is 13.7. The third-order valence-corrected chi connectivity index (χ3v) is 7.74. The lowest BCUT2D eigenvalue weighted by Gasteiger charge is -2.21. The van der Waals surface area contributed by atoms with Crippen LogP contribution in [0.3, 0.4) is 0 Å². The minimum Gasteiger partial charge on any atom is -0.298 e. The number of carbonyl (C=O) groups excluding carboxylic acids is 3. The first-order valence-corrected chi connectivity index (χ1v) is 13.0. The summed E-state index contributed by atoms with van der Waals surface area (Å²) in [6.07, 6.45) is -6.04. The van der Waals surface area contributed by atoms with Gasteiger partial charge in [-0.05, 0) is 25.7 Å². The van der Waals surface area contributed by atoms with E-state index in [2.05, 4.69) is 0 Å². The topological polar surface area (TPSA) is 51.2 Å². The number of rotatable bonds is 12. The fourth-order valence-corrected chi connectivity index (χ4v) is 5.38. The smallest absolute Gasteiger partial charge is 0.298 e. The zero-order valence-corrected chi connectivity index (χ0v) is 21.5. The van der Waals surface area contributed by atoms with Gasteiger partial charge in [0.1, 0.15) is 0 Å². The second-order valence-electron chi connectivity index (χ2n) is 10.5. The van der Waals surface area contributed by atoms with Gasteiger partial charge in [0.05, 0.1) is 22.7 Å². The molecular weight excluding hydrogens is 534 g/mol. The van der Waals surface area contributed by atoms with E-state index in [9.17, 15) is 40.7 Å². The predicted molar refractivity (Wildman–Crippen MR) is 136 cm³/mol. The molecule has 0 bridgehead atoms. The molecule has 0 heterocycles. The third kappa shape index (κ3) is 6.29. The normalized spacial score (nSPS) is 26.2. The van der Waals surface area contributed by atoms with E-state index >= 15 is 0 Å². The molecule has 2 saturated carbocycles. The second kappa shape index (κ2) is 11.2. The Balaban J connectivity index is 1.50. The van der Waals surface area contributed by atoms with Crippen LogP contribution in [0.1, 0.15) is 59.2 Å². The standard InChI is InChI=1S/C31H28F6O3/c32-30(33,34)25-19-28(25,17-9-7-15-23(38)21-11-3-1-4-12-21)27(40)29(20-26(29)31(35,36)37)18-10-8-16-24(39)22-13-5-2-6-14-22/h1-6,9-14,17-18,25-26H,7-8,15-16,19-20H2. The summed E-state index contributed by atoms with van der Waals surface area (Å²) in [5, 5.41) is 0. The average molecular weight is 563 g/mol. The summed E-state index contributed by atoms with van der Waals surface area (Å²) in [5.74, 6) is -5.77. The lowest BCUT2D eigenvalue weighted by atomic mass is 9.82. The van der Waals surface area contributed by atoms with Crippen LogP contribution < -0.4 is 0 Å². The molecule has 2 fully saturated rings. The first-order valence-electron chi connectivity index (χ1n) is 13.0. The van der Waals surface area contributed by atoms with Crippen molar-refractivity contribution in [3.8, 4) is 0 Å². The largest absolute Gasteiger partial charge is 0.393 e. The monoisotopic (exact) mass is 562 g/mol. The molecule has 2 aromatic rings. The number of carbonyl (C=O) groups is 3. The highest BCUT2D eigenvalue weighted by Gasteiger charge is 2.78. The van der Waals surface area contributed by atoms with E-state index in [1.165, 1.54) is 12.2 Å². The SMILES string of the molecule is O=C(CCC=CC1(C(=O)C2(C=CCCC(=O)c3ccccc3)CC2C(F)(F)F)CC1C(F)(F)F)c1ccccc1. The molecule has 0 N–H and O–H groups in total. The molecule has 0 aliphatic heterocycles. The summed E-state index contributed by atoms with van der Waals surface area (Å²) in [6.45, 7) is 0. The molecule has 0 spiro atoms. The first kappa shape index (κ1) is 29.5. The summed E-state index contributed by atoms with van der Waals surface area (Å²) < 4.78 is 82.4. The van der Waals surface area contributed by atoms with E-state index in [0.717, 1.165) is 12.2 Å². The Labute approximate surface area is 228 Å². The third-order valence-electron chi connectivity index (χ3n) is 7.74. The zero-order valence-electron chi connectivity index (χ0n) is 21.5. The van der Waals surface area contributed by atoms with Crippen molar-refractivity contribution in [2.45, 2.75) is 50.9 Å². The van der Waals surface area contributed by atoms with Crippen LogP contribution >= 0.6 is 0 Å². The number of Topliss-reactive ketones (excluding diaryl/α,β-unsaturated/α-hetero) is 3. The van der Waals surface area contributed by atoms with Crippen molar-refractivity contribution in [1.82, 2.24) is 0 Å². The fourth-order valence-electron chi connectivity index (χ4n) is 5.38. The minimum atomic E-state index is -4.77. The van der Waals surface area contributed by atoms with Gasteiger partial charge in [-0.15, -0.1) is 0 Å². The van der Waals surface area contributed by atoms with Gasteiger partial charge in [-0.1, -0.05) is 85.0 Å². The molecule has 4 unspecified atom stereocenters. The van der Waals surface area contributed by atoms with E-state index in [1.54, 1.807) is 60.7 Å². The predicted octanol–water partition coefficient (Wildman–Crippen LogP) is 8.13. The van der Waals surface area contributed by atoms with E-state index in [-0.39, 0.29) is 37.2 Å². The van der Waals surface area contributed by atoms with E-state index in [0.29, 0.717) is 11.1 Å². The quantitative estimate of drug-likeness (QED) is 0.149. The molecule has 0 saturated heterocycles. The molecule has 0 radical (unpaired) electrons. The Morgan fingerprint density at radius 1 is 0.650 bits per heavy atom. The molecule has 2 aliphatic carbocycles. The maximum atomic E-state index is 13.7. The zero-order chi connectivity index (χ0) is 29.2. The van der Waals surface area contributed by atoms with Gasteiger partial charge in [-0.25, -0.2) is 0 Å². The van der Waals surface area contributed by atoms with Gasteiger partial charge in [0, 0.05) is 24.0 Å². The molecule has 40 heavy (non-hydrogen) atoms. The Hall–Kier alpha value is -3.49. The molecule has 3 nitrogen and oxygen atoms in total. The lowest BCUT2D eigenvalue weighted by Crippen LogP contribution is -2.33. The number of allylic oxidation sites excluding steroid dienone is 4. The van der Waals surface area contributed by atoms with Crippen molar-refractivity contribution >= 4 is 17.3 Å². The highest BCUT2D eigenvalue weighted by Crippen LogP contribution is 2.71. The van der Waals surface area contributed by atoms with Crippen LogP contribution in [0.4, 0.5) is 26.3 Å². The molecule has 4 atom stereocenters. The second-order valence-corrected chi connectivity index (χ2v) is 10.5. The molecular formula is C31H28F6O3. The van der Waals surface area contributed by atoms with Gasteiger partial charge >= 0.3 is 12.4 Å². The summed E-state index contributed by atoms with van der Waals surface area (Å²) in [5.41, 5.74) is -3.36. The van der Waals surface area contributed by atoms with Crippen LogP contribution in [0.5, 0.6) is 0 Å². The molecule has 0 amide bonds. The van der Waals surface area contributed by atoms with E-state index in [4.69, 9.17) is 0 Å². The first-order chi connectivity index (χ1) is 18.8. The number of hydrogen-bond donors (Lipinski definition) is 0. The lowest BCUT2D eigenvalue weighted by molar-refractivity contribution is -0.165. The Morgan fingerprint density at radius 3 is 1.30 bits per heavy atom. The van der Waals surface area contributed by atoms with Crippen molar-refractivity contribution < 1.29 is 40.7 Å². The summed E-state index contributed by atoms with van der Waals surface area (Å²) in [6, 6.07) is 16.6. The number of alkyl halides is 6. The van der Waals surface area contributed by atoms with Crippen molar-refractivity contribution in [1.29, 1.82) is 0 Å². The van der Waals surface area contributed by atoms with E-state index in [1.807, 2.05) is 0 Å². The molecule has 212 valence electrons. The minimum absolute atomic E-state index is 0.0207. The Kier molecular flexibility index (Phi) is 8.24. The van der Waals surface area contributed by atoms with Gasteiger partial charge in [0.25, 0.3) is 0 Å².